The standard InChI is InChI=1S/C7H14N2O2S/c8-6(10)2-1-3-7(11)9-4-5-12/h12H,1-5H2,(H2,8,10)(H,9,11). The van der Waals surface area contributed by atoms with Gasteiger partial charge in [0.2, 0.25) is 11.8 Å². The van der Waals surface area contributed by atoms with Crippen molar-refractivity contribution in [1.29, 1.82) is 0 Å². The van der Waals surface area contributed by atoms with Crippen molar-refractivity contribution in [2.75, 3.05) is 12.3 Å². The molecule has 5 heteroatoms. The van der Waals surface area contributed by atoms with E-state index in [1.54, 1.807) is 0 Å². The fourth-order valence-corrected chi connectivity index (χ4v) is 0.819. The van der Waals surface area contributed by atoms with Gasteiger partial charge in [-0.2, -0.15) is 12.6 Å². The minimum atomic E-state index is -0.364. The number of carbonyl (C=O) groups is 2. The highest BCUT2D eigenvalue weighted by molar-refractivity contribution is 7.80. The van der Waals surface area contributed by atoms with Crippen LogP contribution in [-0.4, -0.2) is 24.1 Å². The number of nitrogens with two attached hydrogens (primary N) is 1. The minimum Gasteiger partial charge on any atom is -0.370 e. The van der Waals surface area contributed by atoms with Gasteiger partial charge in [-0.3, -0.25) is 9.59 Å². The van der Waals surface area contributed by atoms with Crippen LogP contribution < -0.4 is 11.1 Å². The minimum absolute atomic E-state index is 0.0506. The fourth-order valence-electron chi connectivity index (χ4n) is 0.707. The van der Waals surface area contributed by atoms with Crippen molar-refractivity contribution in [2.45, 2.75) is 19.3 Å². The van der Waals surface area contributed by atoms with Crippen molar-refractivity contribution in [3.8, 4) is 0 Å². The highest BCUT2D eigenvalue weighted by Crippen LogP contribution is 1.93. The second-order valence-electron chi connectivity index (χ2n) is 2.39. The van der Waals surface area contributed by atoms with Gasteiger partial charge in [0, 0.05) is 25.1 Å². The Kier molecular flexibility index (Phi) is 6.55. The van der Waals surface area contributed by atoms with E-state index in [0.29, 0.717) is 25.1 Å². The molecule has 0 fully saturated rings. The van der Waals surface area contributed by atoms with E-state index in [9.17, 15) is 9.59 Å². The first-order chi connectivity index (χ1) is 5.66. The highest BCUT2D eigenvalue weighted by Gasteiger charge is 2.00. The number of hydrogen-bond donors (Lipinski definition) is 3. The van der Waals surface area contributed by atoms with E-state index in [0.717, 1.165) is 0 Å². The van der Waals surface area contributed by atoms with E-state index in [1.165, 1.54) is 0 Å². The Labute approximate surface area is 77.3 Å². The topological polar surface area (TPSA) is 72.2 Å². The number of primary amides is 1. The van der Waals surface area contributed by atoms with Gasteiger partial charge in [0.1, 0.15) is 0 Å². The summed E-state index contributed by atoms with van der Waals surface area (Å²) >= 11 is 3.93. The molecule has 0 aromatic carbocycles. The number of nitrogens with one attached hydrogen (secondary N) is 1. The van der Waals surface area contributed by atoms with E-state index < -0.39 is 0 Å². The van der Waals surface area contributed by atoms with Crippen LogP contribution in [0.4, 0.5) is 0 Å². The lowest BCUT2D eigenvalue weighted by Crippen LogP contribution is -2.25. The molecule has 0 radical (unpaired) electrons. The number of amides is 2. The van der Waals surface area contributed by atoms with Crippen LogP contribution in [0.1, 0.15) is 19.3 Å². The van der Waals surface area contributed by atoms with E-state index in [4.69, 9.17) is 5.73 Å². The fraction of sp³-hybridized carbons (Fsp3) is 0.714. The maximum Gasteiger partial charge on any atom is 0.220 e. The van der Waals surface area contributed by atoms with Crippen LogP contribution in [0.2, 0.25) is 0 Å². The van der Waals surface area contributed by atoms with Gasteiger partial charge in [-0.1, -0.05) is 0 Å². The Morgan fingerprint density at radius 3 is 2.50 bits per heavy atom. The van der Waals surface area contributed by atoms with E-state index in [2.05, 4.69) is 17.9 Å². The van der Waals surface area contributed by atoms with Crippen LogP contribution in [0.15, 0.2) is 0 Å². The summed E-state index contributed by atoms with van der Waals surface area (Å²) in [5, 5.41) is 2.64. The van der Waals surface area contributed by atoms with Crippen molar-refractivity contribution in [2.24, 2.45) is 5.73 Å². The Morgan fingerprint density at radius 1 is 1.33 bits per heavy atom. The van der Waals surface area contributed by atoms with E-state index in [-0.39, 0.29) is 18.2 Å². The normalized spacial score (nSPS) is 9.42. The number of rotatable bonds is 6. The van der Waals surface area contributed by atoms with Crippen molar-refractivity contribution in [1.82, 2.24) is 5.32 Å². The zero-order valence-electron chi connectivity index (χ0n) is 6.88. The molecule has 0 bridgehead atoms. The molecule has 0 rings (SSSR count). The number of hydrogen-bond acceptors (Lipinski definition) is 3. The van der Waals surface area contributed by atoms with Gasteiger partial charge < -0.3 is 11.1 Å². The van der Waals surface area contributed by atoms with Crippen LogP contribution in [0.3, 0.4) is 0 Å². The molecule has 0 spiro atoms. The third kappa shape index (κ3) is 7.40. The molecule has 0 saturated carbocycles. The van der Waals surface area contributed by atoms with Crippen LogP contribution in [-0.2, 0) is 9.59 Å². The molecule has 0 aliphatic rings. The quantitative estimate of drug-likeness (QED) is 0.503. The second kappa shape index (κ2) is 6.97. The molecule has 70 valence electrons. The largest absolute Gasteiger partial charge is 0.370 e. The number of carbonyl (C=O) groups excluding carboxylic acids is 2. The molecule has 0 aliphatic heterocycles. The molecule has 2 amide bonds. The first kappa shape index (κ1) is 11.3. The van der Waals surface area contributed by atoms with Crippen molar-refractivity contribution >= 4 is 24.4 Å². The lowest BCUT2D eigenvalue weighted by atomic mass is 10.2. The smallest absolute Gasteiger partial charge is 0.220 e. The Morgan fingerprint density at radius 2 is 2.00 bits per heavy atom. The summed E-state index contributed by atoms with van der Waals surface area (Å²) in [5.74, 6) is 0.212. The second-order valence-corrected chi connectivity index (χ2v) is 2.84. The van der Waals surface area contributed by atoms with Gasteiger partial charge >= 0.3 is 0 Å². The lowest BCUT2D eigenvalue weighted by Gasteiger charge is -2.01. The molecule has 0 aromatic heterocycles. The van der Waals surface area contributed by atoms with Gasteiger partial charge in [-0.25, -0.2) is 0 Å². The van der Waals surface area contributed by atoms with Crippen LogP contribution in [0.5, 0.6) is 0 Å². The van der Waals surface area contributed by atoms with Gasteiger partial charge in [-0.15, -0.1) is 0 Å². The average Bonchev–Trinajstić information content (AvgIpc) is 2.00. The van der Waals surface area contributed by atoms with E-state index in [1.807, 2.05) is 0 Å². The Hall–Kier alpha value is -0.710. The Bertz CT molecular complexity index is 161. The predicted octanol–water partition coefficient (Wildman–Crippen LogP) is -0.312. The molecule has 0 unspecified atom stereocenters. The molecule has 4 nitrogen and oxygen atoms in total. The summed E-state index contributed by atoms with van der Waals surface area (Å²) in [7, 11) is 0. The third-order valence-electron chi connectivity index (χ3n) is 1.26. The summed E-state index contributed by atoms with van der Waals surface area (Å²) in [4.78, 5) is 21.2. The first-order valence-corrected chi connectivity index (χ1v) is 4.46. The van der Waals surface area contributed by atoms with Crippen LogP contribution in [0, 0.1) is 0 Å². The molecule has 0 aromatic rings. The number of thiol groups is 1. The van der Waals surface area contributed by atoms with Gasteiger partial charge in [-0.05, 0) is 6.42 Å². The monoisotopic (exact) mass is 190 g/mol. The molecule has 12 heavy (non-hydrogen) atoms. The highest BCUT2D eigenvalue weighted by atomic mass is 32.1. The summed E-state index contributed by atoms with van der Waals surface area (Å²) in [6, 6.07) is 0. The molecule has 0 heterocycles. The van der Waals surface area contributed by atoms with Gasteiger partial charge in [0.25, 0.3) is 0 Å². The Balaban J connectivity index is 3.25. The molecule has 0 atom stereocenters. The van der Waals surface area contributed by atoms with Crippen LogP contribution >= 0.6 is 12.6 Å². The molecule has 0 aliphatic carbocycles. The summed E-state index contributed by atoms with van der Waals surface area (Å²) in [5.41, 5.74) is 4.90. The summed E-state index contributed by atoms with van der Waals surface area (Å²) in [6.07, 6.45) is 1.15. The van der Waals surface area contributed by atoms with Crippen molar-refractivity contribution < 1.29 is 9.59 Å². The van der Waals surface area contributed by atoms with Gasteiger partial charge in [0.05, 0.1) is 0 Å². The van der Waals surface area contributed by atoms with Gasteiger partial charge in [0.15, 0.2) is 0 Å². The van der Waals surface area contributed by atoms with E-state index >= 15 is 0 Å². The summed E-state index contributed by atoms with van der Waals surface area (Å²) < 4.78 is 0. The third-order valence-corrected chi connectivity index (χ3v) is 1.48. The predicted molar refractivity (Wildman–Crippen MR) is 49.9 cm³/mol. The van der Waals surface area contributed by atoms with Crippen molar-refractivity contribution in [3.05, 3.63) is 0 Å². The maximum absolute atomic E-state index is 10.9. The maximum atomic E-state index is 10.9. The SMILES string of the molecule is NC(=O)CCCC(=O)NCCS. The molecule has 3 N–H and O–H groups in total. The zero-order valence-corrected chi connectivity index (χ0v) is 7.77. The molecular weight excluding hydrogens is 176 g/mol. The van der Waals surface area contributed by atoms with Crippen LogP contribution in [0.25, 0.3) is 0 Å². The molecule has 0 saturated heterocycles. The lowest BCUT2D eigenvalue weighted by molar-refractivity contribution is -0.121. The summed E-state index contributed by atoms with van der Waals surface area (Å²) in [6.45, 7) is 0.568. The molecular formula is C7H14N2O2S. The van der Waals surface area contributed by atoms with Crippen molar-refractivity contribution in [3.63, 3.8) is 0 Å². The zero-order chi connectivity index (χ0) is 9.40. The average molecular weight is 190 g/mol. The first-order valence-electron chi connectivity index (χ1n) is 3.82.